The van der Waals surface area contributed by atoms with Gasteiger partial charge < -0.3 is 4.74 Å². The highest BCUT2D eigenvalue weighted by Crippen LogP contribution is 2.38. The van der Waals surface area contributed by atoms with Crippen LogP contribution in [0.15, 0.2) is 22.8 Å². The molecule has 0 N–H and O–H groups in total. The van der Waals surface area contributed by atoms with E-state index in [1.165, 1.54) is 5.57 Å². The van der Waals surface area contributed by atoms with E-state index >= 15 is 0 Å². The molecule has 0 aromatic carbocycles. The fourth-order valence-electron chi connectivity index (χ4n) is 2.87. The largest absolute Gasteiger partial charge is 0.392 e. The fourth-order valence-corrected chi connectivity index (χ4v) is 3.27. The average Bonchev–Trinajstić information content (AvgIpc) is 2.38. The third-order valence-corrected chi connectivity index (χ3v) is 4.53. The lowest BCUT2D eigenvalue weighted by Crippen LogP contribution is -2.32. The lowest BCUT2D eigenvalue weighted by molar-refractivity contribution is -0.184. The van der Waals surface area contributed by atoms with E-state index in [1.54, 1.807) is 12.2 Å². The first kappa shape index (κ1) is 15.9. The maximum absolute atomic E-state index is 12.7. The van der Waals surface area contributed by atoms with Crippen LogP contribution in [0.3, 0.4) is 0 Å². The molecule has 0 aromatic rings. The Morgan fingerprint density at radius 1 is 1.40 bits per heavy atom. The molecule has 3 unspecified atom stereocenters. The third-order valence-electron chi connectivity index (χ3n) is 4.10. The summed E-state index contributed by atoms with van der Waals surface area (Å²) in [5.74, 6) is -1.28. The minimum atomic E-state index is -4.13. The Labute approximate surface area is 122 Å². The molecule has 2 rings (SSSR count). The van der Waals surface area contributed by atoms with Crippen molar-refractivity contribution in [2.45, 2.75) is 63.8 Å². The van der Waals surface area contributed by atoms with Crippen molar-refractivity contribution in [2.24, 2.45) is 5.92 Å². The SMILES string of the molecule is CCC1=C(Cl)CC(OC2C=CCC(C(F)(F)F)C2)CC1. The van der Waals surface area contributed by atoms with Gasteiger partial charge in [-0.2, -0.15) is 13.2 Å². The fraction of sp³-hybridized carbons (Fsp3) is 0.733. The molecule has 0 amide bonds. The number of alkyl halides is 3. The molecule has 0 saturated carbocycles. The average molecular weight is 309 g/mol. The lowest BCUT2D eigenvalue weighted by atomic mass is 9.91. The van der Waals surface area contributed by atoms with Gasteiger partial charge >= 0.3 is 6.18 Å². The summed E-state index contributed by atoms with van der Waals surface area (Å²) in [6.07, 6.45) is 2.11. The molecule has 114 valence electrons. The van der Waals surface area contributed by atoms with Gasteiger partial charge in [-0.15, -0.1) is 0 Å². The molecule has 3 atom stereocenters. The van der Waals surface area contributed by atoms with E-state index in [1.807, 2.05) is 0 Å². The van der Waals surface area contributed by atoms with Crippen molar-refractivity contribution < 1.29 is 17.9 Å². The molecule has 0 saturated heterocycles. The van der Waals surface area contributed by atoms with Gasteiger partial charge in [-0.3, -0.25) is 0 Å². The van der Waals surface area contributed by atoms with Crippen LogP contribution in [0.4, 0.5) is 13.2 Å². The van der Waals surface area contributed by atoms with Gasteiger partial charge in [-0.1, -0.05) is 36.2 Å². The van der Waals surface area contributed by atoms with E-state index in [0.717, 1.165) is 24.3 Å². The quantitative estimate of drug-likeness (QED) is 0.638. The number of allylic oxidation sites excluding steroid dienone is 2. The predicted octanol–water partition coefficient (Wildman–Crippen LogP) is 5.36. The van der Waals surface area contributed by atoms with E-state index in [2.05, 4.69) is 6.92 Å². The molecule has 0 aromatic heterocycles. The Morgan fingerprint density at radius 2 is 2.15 bits per heavy atom. The van der Waals surface area contributed by atoms with Crippen molar-refractivity contribution in [3.63, 3.8) is 0 Å². The highest BCUT2D eigenvalue weighted by Gasteiger charge is 2.41. The van der Waals surface area contributed by atoms with Crippen molar-refractivity contribution in [1.29, 1.82) is 0 Å². The van der Waals surface area contributed by atoms with Crippen LogP contribution >= 0.6 is 11.6 Å². The van der Waals surface area contributed by atoms with E-state index in [0.29, 0.717) is 6.42 Å². The van der Waals surface area contributed by atoms with Crippen molar-refractivity contribution in [2.75, 3.05) is 0 Å². The summed E-state index contributed by atoms with van der Waals surface area (Å²) in [5.41, 5.74) is 1.25. The Balaban J connectivity index is 1.90. The minimum absolute atomic E-state index is 0.0263. The van der Waals surface area contributed by atoms with Crippen LogP contribution in [0.25, 0.3) is 0 Å². The maximum Gasteiger partial charge on any atom is 0.392 e. The predicted molar refractivity (Wildman–Crippen MR) is 73.6 cm³/mol. The van der Waals surface area contributed by atoms with Crippen LogP contribution in [0.5, 0.6) is 0 Å². The molecule has 2 aliphatic carbocycles. The summed E-state index contributed by atoms with van der Waals surface area (Å²) >= 11 is 6.20. The van der Waals surface area contributed by atoms with Gasteiger partial charge in [-0.05, 0) is 32.1 Å². The molecule has 0 radical (unpaired) electrons. The summed E-state index contributed by atoms with van der Waals surface area (Å²) in [6.45, 7) is 2.07. The standard InChI is InChI=1S/C15H20ClF3O/c1-2-10-6-7-13(9-14(10)16)20-12-5-3-4-11(8-12)15(17,18)19/h3,5,11-13H,2,4,6-9H2,1H3. The second-order valence-electron chi connectivity index (χ2n) is 5.54. The Morgan fingerprint density at radius 3 is 2.75 bits per heavy atom. The summed E-state index contributed by atoms with van der Waals surface area (Å²) in [4.78, 5) is 0. The third kappa shape index (κ3) is 4.01. The first-order valence-corrected chi connectivity index (χ1v) is 7.53. The van der Waals surface area contributed by atoms with Crippen molar-refractivity contribution >= 4 is 11.6 Å². The van der Waals surface area contributed by atoms with Crippen molar-refractivity contribution in [3.05, 3.63) is 22.8 Å². The zero-order valence-corrected chi connectivity index (χ0v) is 12.3. The first-order valence-electron chi connectivity index (χ1n) is 7.15. The molecular formula is C15H20ClF3O. The molecule has 0 bridgehead atoms. The normalized spacial score (nSPS) is 31.8. The Hall–Kier alpha value is -0.480. The number of halogens is 4. The molecule has 0 aliphatic heterocycles. The molecule has 20 heavy (non-hydrogen) atoms. The zero-order chi connectivity index (χ0) is 14.8. The minimum Gasteiger partial charge on any atom is -0.371 e. The zero-order valence-electron chi connectivity index (χ0n) is 11.5. The second kappa shape index (κ2) is 6.52. The van der Waals surface area contributed by atoms with Crippen LogP contribution < -0.4 is 0 Å². The molecular weight excluding hydrogens is 289 g/mol. The van der Waals surface area contributed by atoms with Gasteiger partial charge in [0.15, 0.2) is 0 Å². The van der Waals surface area contributed by atoms with Crippen LogP contribution in [0.2, 0.25) is 0 Å². The monoisotopic (exact) mass is 308 g/mol. The van der Waals surface area contributed by atoms with Gasteiger partial charge in [0, 0.05) is 11.5 Å². The maximum atomic E-state index is 12.7. The summed E-state index contributed by atoms with van der Waals surface area (Å²) < 4.78 is 44.0. The lowest BCUT2D eigenvalue weighted by Gasteiger charge is -2.31. The first-order chi connectivity index (χ1) is 9.40. The topological polar surface area (TPSA) is 9.23 Å². The van der Waals surface area contributed by atoms with Gasteiger partial charge in [0.25, 0.3) is 0 Å². The van der Waals surface area contributed by atoms with Gasteiger partial charge in [-0.25, -0.2) is 0 Å². The molecule has 2 aliphatic rings. The van der Waals surface area contributed by atoms with Crippen LogP contribution in [-0.2, 0) is 4.74 Å². The summed E-state index contributed by atoms with van der Waals surface area (Å²) in [7, 11) is 0. The van der Waals surface area contributed by atoms with Crippen molar-refractivity contribution in [1.82, 2.24) is 0 Å². The highest BCUT2D eigenvalue weighted by atomic mass is 35.5. The number of ether oxygens (including phenoxy) is 1. The number of hydrogen-bond donors (Lipinski definition) is 0. The van der Waals surface area contributed by atoms with Crippen LogP contribution in [-0.4, -0.2) is 18.4 Å². The molecule has 0 spiro atoms. The molecule has 1 nitrogen and oxygen atoms in total. The Bertz CT molecular complexity index is 400. The summed E-state index contributed by atoms with van der Waals surface area (Å²) in [5, 5.41) is 0.830. The molecule has 5 heteroatoms. The van der Waals surface area contributed by atoms with E-state index in [-0.39, 0.29) is 18.9 Å². The number of hydrogen-bond acceptors (Lipinski definition) is 1. The number of rotatable bonds is 3. The van der Waals surface area contributed by atoms with Crippen molar-refractivity contribution in [3.8, 4) is 0 Å². The highest BCUT2D eigenvalue weighted by molar-refractivity contribution is 6.30. The van der Waals surface area contributed by atoms with E-state index < -0.39 is 18.2 Å². The smallest absolute Gasteiger partial charge is 0.371 e. The Kier molecular flexibility index (Phi) is 5.19. The second-order valence-corrected chi connectivity index (χ2v) is 6.00. The van der Waals surface area contributed by atoms with Crippen LogP contribution in [0, 0.1) is 5.92 Å². The van der Waals surface area contributed by atoms with E-state index in [9.17, 15) is 13.2 Å². The van der Waals surface area contributed by atoms with Gasteiger partial charge in [0.2, 0.25) is 0 Å². The summed E-state index contributed by atoms with van der Waals surface area (Å²) in [6, 6.07) is 0. The van der Waals surface area contributed by atoms with Gasteiger partial charge in [0.05, 0.1) is 18.1 Å². The van der Waals surface area contributed by atoms with E-state index in [4.69, 9.17) is 16.3 Å². The van der Waals surface area contributed by atoms with Gasteiger partial charge in [0.1, 0.15) is 0 Å². The molecule has 0 fully saturated rings. The van der Waals surface area contributed by atoms with Crippen LogP contribution in [0.1, 0.15) is 45.4 Å². The molecule has 0 heterocycles.